The second kappa shape index (κ2) is 8.84. The van der Waals surface area contributed by atoms with E-state index in [0.29, 0.717) is 10.6 Å². The SMILES string of the molecule is C[C@H](NC(=O)COC(=O)c1c2c(nc3ccccc13)CCCC2)c1cccc(Cl)c1. The van der Waals surface area contributed by atoms with Gasteiger partial charge in [0.15, 0.2) is 6.61 Å². The van der Waals surface area contributed by atoms with Gasteiger partial charge in [0.2, 0.25) is 0 Å². The minimum absolute atomic E-state index is 0.246. The lowest BCUT2D eigenvalue weighted by atomic mass is 9.90. The van der Waals surface area contributed by atoms with E-state index in [1.165, 1.54) is 0 Å². The van der Waals surface area contributed by atoms with Crippen molar-refractivity contribution in [3.63, 3.8) is 0 Å². The van der Waals surface area contributed by atoms with Crippen molar-refractivity contribution in [2.24, 2.45) is 0 Å². The van der Waals surface area contributed by atoms with Gasteiger partial charge in [-0.3, -0.25) is 9.78 Å². The summed E-state index contributed by atoms with van der Waals surface area (Å²) in [5.41, 5.74) is 4.13. The lowest BCUT2D eigenvalue weighted by Gasteiger charge is -2.20. The average molecular weight is 423 g/mol. The van der Waals surface area contributed by atoms with E-state index in [9.17, 15) is 9.59 Å². The quantitative estimate of drug-likeness (QED) is 0.599. The Morgan fingerprint density at radius 2 is 1.93 bits per heavy atom. The molecule has 1 aromatic heterocycles. The largest absolute Gasteiger partial charge is 0.452 e. The fraction of sp³-hybridized carbons (Fsp3) is 0.292. The molecule has 0 aliphatic heterocycles. The first-order chi connectivity index (χ1) is 14.5. The van der Waals surface area contributed by atoms with Crippen LogP contribution < -0.4 is 5.32 Å². The first-order valence-corrected chi connectivity index (χ1v) is 10.5. The molecule has 4 rings (SSSR count). The Morgan fingerprint density at radius 3 is 2.77 bits per heavy atom. The van der Waals surface area contributed by atoms with Crippen LogP contribution in [0.5, 0.6) is 0 Å². The molecule has 0 radical (unpaired) electrons. The van der Waals surface area contributed by atoms with E-state index < -0.39 is 5.97 Å². The third-order valence-corrected chi connectivity index (χ3v) is 5.67. The number of rotatable bonds is 5. The molecule has 1 aliphatic rings. The molecule has 1 aliphatic carbocycles. The van der Waals surface area contributed by atoms with Crippen molar-refractivity contribution >= 4 is 34.4 Å². The second-order valence-corrected chi connectivity index (χ2v) is 7.99. The van der Waals surface area contributed by atoms with Crippen molar-refractivity contribution in [3.8, 4) is 0 Å². The van der Waals surface area contributed by atoms with Crippen molar-refractivity contribution in [3.05, 3.63) is 75.9 Å². The summed E-state index contributed by atoms with van der Waals surface area (Å²) in [6.07, 6.45) is 3.75. The zero-order valence-electron chi connectivity index (χ0n) is 16.8. The number of carbonyl (C=O) groups is 2. The third-order valence-electron chi connectivity index (χ3n) is 5.43. The lowest BCUT2D eigenvalue weighted by Crippen LogP contribution is -2.31. The van der Waals surface area contributed by atoms with Gasteiger partial charge in [0, 0.05) is 16.1 Å². The van der Waals surface area contributed by atoms with E-state index in [2.05, 4.69) is 5.32 Å². The number of nitrogens with one attached hydrogen (secondary N) is 1. The van der Waals surface area contributed by atoms with Crippen LogP contribution in [0.15, 0.2) is 48.5 Å². The maximum absolute atomic E-state index is 13.0. The summed E-state index contributed by atoms with van der Waals surface area (Å²) in [6.45, 7) is 1.52. The number of hydrogen-bond donors (Lipinski definition) is 1. The molecule has 30 heavy (non-hydrogen) atoms. The van der Waals surface area contributed by atoms with E-state index >= 15 is 0 Å². The van der Waals surface area contributed by atoms with Gasteiger partial charge in [-0.2, -0.15) is 0 Å². The molecule has 1 N–H and O–H groups in total. The first-order valence-electron chi connectivity index (χ1n) is 10.2. The summed E-state index contributed by atoms with van der Waals surface area (Å²) >= 11 is 6.01. The Hall–Kier alpha value is -2.92. The molecule has 1 amide bonds. The van der Waals surface area contributed by atoms with Crippen LogP contribution in [0.2, 0.25) is 5.02 Å². The molecular formula is C24H23ClN2O3. The molecule has 2 aromatic carbocycles. The molecule has 6 heteroatoms. The van der Waals surface area contributed by atoms with Crippen molar-refractivity contribution in [1.29, 1.82) is 0 Å². The highest BCUT2D eigenvalue weighted by molar-refractivity contribution is 6.30. The molecule has 1 atom stereocenters. The van der Waals surface area contributed by atoms with Crippen molar-refractivity contribution in [2.75, 3.05) is 6.61 Å². The Balaban J connectivity index is 1.49. The minimum Gasteiger partial charge on any atom is -0.452 e. The summed E-state index contributed by atoms with van der Waals surface area (Å²) < 4.78 is 5.42. The molecule has 0 saturated carbocycles. The fourth-order valence-electron chi connectivity index (χ4n) is 3.95. The van der Waals surface area contributed by atoms with Crippen LogP contribution in [0.25, 0.3) is 10.9 Å². The van der Waals surface area contributed by atoms with Gasteiger partial charge in [-0.25, -0.2) is 4.79 Å². The molecule has 154 valence electrons. The van der Waals surface area contributed by atoms with Gasteiger partial charge in [-0.05, 0) is 61.9 Å². The smallest absolute Gasteiger partial charge is 0.339 e. The molecule has 3 aromatic rings. The normalized spacial score (nSPS) is 14.1. The summed E-state index contributed by atoms with van der Waals surface area (Å²) in [5.74, 6) is -0.833. The highest BCUT2D eigenvalue weighted by Crippen LogP contribution is 2.29. The zero-order valence-corrected chi connectivity index (χ0v) is 17.5. The monoisotopic (exact) mass is 422 g/mol. The number of nitrogens with zero attached hydrogens (tertiary/aromatic N) is 1. The van der Waals surface area contributed by atoms with E-state index in [4.69, 9.17) is 21.3 Å². The number of ether oxygens (including phenoxy) is 1. The number of benzene rings is 2. The number of amides is 1. The molecule has 0 saturated heterocycles. The second-order valence-electron chi connectivity index (χ2n) is 7.56. The first kappa shape index (κ1) is 20.4. The van der Waals surface area contributed by atoms with Gasteiger partial charge in [0.25, 0.3) is 5.91 Å². The van der Waals surface area contributed by atoms with Gasteiger partial charge < -0.3 is 10.1 Å². The van der Waals surface area contributed by atoms with Crippen LogP contribution in [0, 0.1) is 0 Å². The summed E-state index contributed by atoms with van der Waals surface area (Å²) in [7, 11) is 0. The topological polar surface area (TPSA) is 68.3 Å². The standard InChI is InChI=1S/C24H23ClN2O3/c1-15(16-7-6-8-17(25)13-16)26-22(28)14-30-24(29)23-18-9-2-4-11-20(18)27-21-12-5-3-10-19(21)23/h2,4,6-9,11,13,15H,3,5,10,12,14H2,1H3,(H,26,28)/t15-/m0/s1. The van der Waals surface area contributed by atoms with Gasteiger partial charge in [-0.1, -0.05) is 41.9 Å². The Bertz CT molecular complexity index is 1110. The summed E-state index contributed by atoms with van der Waals surface area (Å²) in [5, 5.41) is 4.22. The van der Waals surface area contributed by atoms with E-state index in [-0.39, 0.29) is 18.6 Å². The Kier molecular flexibility index (Phi) is 6.00. The van der Waals surface area contributed by atoms with E-state index in [1.54, 1.807) is 12.1 Å². The van der Waals surface area contributed by atoms with Crippen LogP contribution in [0.4, 0.5) is 0 Å². The number of carbonyl (C=O) groups excluding carboxylic acids is 2. The lowest BCUT2D eigenvalue weighted by molar-refractivity contribution is -0.124. The van der Waals surface area contributed by atoms with Gasteiger partial charge >= 0.3 is 5.97 Å². The van der Waals surface area contributed by atoms with Crippen LogP contribution in [0.1, 0.15) is 53.0 Å². The number of hydrogen-bond acceptors (Lipinski definition) is 4. The minimum atomic E-state index is -0.475. The number of pyridine rings is 1. The number of aryl methyl sites for hydroxylation is 1. The van der Waals surface area contributed by atoms with Crippen molar-refractivity contribution < 1.29 is 14.3 Å². The highest BCUT2D eigenvalue weighted by atomic mass is 35.5. The van der Waals surface area contributed by atoms with Crippen LogP contribution in [0.3, 0.4) is 0 Å². The number of halogens is 1. The summed E-state index contributed by atoms with van der Waals surface area (Å²) in [6, 6.07) is 14.6. The van der Waals surface area contributed by atoms with Crippen molar-refractivity contribution in [1.82, 2.24) is 10.3 Å². The highest BCUT2D eigenvalue weighted by Gasteiger charge is 2.24. The van der Waals surface area contributed by atoms with Gasteiger partial charge in [-0.15, -0.1) is 0 Å². The molecule has 5 nitrogen and oxygen atoms in total. The maximum Gasteiger partial charge on any atom is 0.339 e. The fourth-order valence-corrected chi connectivity index (χ4v) is 4.15. The predicted molar refractivity (Wildman–Crippen MR) is 117 cm³/mol. The number of para-hydroxylation sites is 1. The predicted octanol–water partition coefficient (Wildman–Crippen LogP) is 4.80. The Morgan fingerprint density at radius 1 is 1.13 bits per heavy atom. The molecular weight excluding hydrogens is 400 g/mol. The van der Waals surface area contributed by atoms with Gasteiger partial charge in [0.1, 0.15) is 0 Å². The summed E-state index contributed by atoms with van der Waals surface area (Å²) in [4.78, 5) is 30.1. The maximum atomic E-state index is 13.0. The number of esters is 1. The van der Waals surface area contributed by atoms with E-state index in [1.807, 2.05) is 43.3 Å². The zero-order chi connectivity index (χ0) is 21.1. The van der Waals surface area contributed by atoms with Crippen LogP contribution in [-0.4, -0.2) is 23.5 Å². The van der Waals surface area contributed by atoms with Crippen LogP contribution in [-0.2, 0) is 22.4 Å². The molecule has 0 unspecified atom stereocenters. The van der Waals surface area contributed by atoms with Gasteiger partial charge in [0.05, 0.1) is 17.1 Å². The molecule has 1 heterocycles. The Labute approximate surface area is 180 Å². The molecule has 0 fully saturated rings. The molecule has 0 bridgehead atoms. The molecule has 0 spiro atoms. The van der Waals surface area contributed by atoms with E-state index in [0.717, 1.165) is 53.4 Å². The van der Waals surface area contributed by atoms with Crippen LogP contribution >= 0.6 is 11.6 Å². The number of fused-ring (bicyclic) bond motifs is 2. The van der Waals surface area contributed by atoms with Crippen molar-refractivity contribution in [2.45, 2.75) is 38.6 Å². The number of aromatic nitrogens is 1. The third kappa shape index (κ3) is 4.31. The average Bonchev–Trinajstić information content (AvgIpc) is 2.75.